The average molecular weight is 302 g/mol. The number of benzene rings is 1. The number of carbonyl (C=O) groups is 1. The van der Waals surface area contributed by atoms with Crippen LogP contribution < -0.4 is 10.1 Å². The van der Waals surface area contributed by atoms with Crippen molar-refractivity contribution < 1.29 is 14.2 Å². The van der Waals surface area contributed by atoms with Crippen molar-refractivity contribution in [3.05, 3.63) is 33.4 Å². The van der Waals surface area contributed by atoms with E-state index in [2.05, 4.69) is 20.3 Å². The number of amides is 1. The van der Waals surface area contributed by atoms with E-state index in [1.54, 1.807) is 6.92 Å². The largest absolute Gasteiger partial charge is 0.494 e. The van der Waals surface area contributed by atoms with E-state index in [-0.39, 0.29) is 21.4 Å². The van der Waals surface area contributed by atoms with Gasteiger partial charge in [-0.2, -0.15) is 0 Å². The maximum atomic E-state index is 12.0. The summed E-state index contributed by atoms with van der Waals surface area (Å²) < 4.78 is 9.48. The molecule has 19 heavy (non-hydrogen) atoms. The second-order valence-corrected chi connectivity index (χ2v) is 4.44. The molecule has 100 valence electrons. The molecule has 0 radical (unpaired) electrons. The Morgan fingerprint density at radius 1 is 1.32 bits per heavy atom. The van der Waals surface area contributed by atoms with Gasteiger partial charge in [0.2, 0.25) is 5.82 Å². The summed E-state index contributed by atoms with van der Waals surface area (Å²) in [5.74, 6) is 0.137. The van der Waals surface area contributed by atoms with Gasteiger partial charge in [-0.3, -0.25) is 4.79 Å². The third-order valence-electron chi connectivity index (χ3n) is 2.35. The maximum Gasteiger partial charge on any atom is 0.257 e. The van der Waals surface area contributed by atoms with Gasteiger partial charge in [0.15, 0.2) is 5.75 Å². The van der Waals surface area contributed by atoms with Crippen LogP contribution in [0.1, 0.15) is 16.1 Å². The molecule has 2 rings (SSSR count). The monoisotopic (exact) mass is 301 g/mol. The number of aromatic nitrogens is 2. The van der Waals surface area contributed by atoms with Crippen LogP contribution in [0.4, 0.5) is 5.82 Å². The fourth-order valence-corrected chi connectivity index (χ4v) is 2.05. The second kappa shape index (κ2) is 5.46. The van der Waals surface area contributed by atoms with Crippen molar-refractivity contribution in [3.8, 4) is 5.75 Å². The molecule has 8 heteroatoms. The summed E-state index contributed by atoms with van der Waals surface area (Å²) >= 11 is 11.9. The van der Waals surface area contributed by atoms with Crippen LogP contribution in [-0.4, -0.2) is 23.3 Å². The molecule has 0 saturated heterocycles. The lowest BCUT2D eigenvalue weighted by molar-refractivity contribution is 0.102. The quantitative estimate of drug-likeness (QED) is 0.943. The number of rotatable bonds is 3. The van der Waals surface area contributed by atoms with E-state index in [4.69, 9.17) is 27.9 Å². The van der Waals surface area contributed by atoms with E-state index in [9.17, 15) is 4.79 Å². The van der Waals surface area contributed by atoms with Crippen molar-refractivity contribution >= 4 is 34.9 Å². The number of nitrogens with one attached hydrogen (secondary N) is 1. The van der Waals surface area contributed by atoms with E-state index in [1.807, 2.05) is 0 Å². The molecule has 0 fully saturated rings. The summed E-state index contributed by atoms with van der Waals surface area (Å²) in [6.07, 6.45) is 0. The second-order valence-electron chi connectivity index (χ2n) is 3.63. The predicted octanol–water partition coefficient (Wildman–Crippen LogP) is 2.95. The molecule has 1 aromatic carbocycles. The van der Waals surface area contributed by atoms with Crippen molar-refractivity contribution in [3.63, 3.8) is 0 Å². The van der Waals surface area contributed by atoms with Crippen LogP contribution in [0.15, 0.2) is 16.8 Å². The van der Waals surface area contributed by atoms with Crippen molar-refractivity contribution in [1.29, 1.82) is 0 Å². The third kappa shape index (κ3) is 2.80. The molecule has 1 amide bonds. The van der Waals surface area contributed by atoms with Crippen molar-refractivity contribution in [2.75, 3.05) is 12.4 Å². The van der Waals surface area contributed by atoms with Gasteiger partial charge in [0.25, 0.3) is 5.91 Å². The van der Waals surface area contributed by atoms with E-state index in [1.165, 1.54) is 19.2 Å². The molecule has 0 aliphatic carbocycles. The van der Waals surface area contributed by atoms with Crippen LogP contribution in [0.2, 0.25) is 10.0 Å². The number of anilines is 1. The minimum atomic E-state index is -0.426. The summed E-state index contributed by atoms with van der Waals surface area (Å²) in [5, 5.41) is 10.1. The lowest BCUT2D eigenvalue weighted by Crippen LogP contribution is -2.13. The van der Waals surface area contributed by atoms with Crippen LogP contribution in [-0.2, 0) is 0 Å². The average Bonchev–Trinajstić information content (AvgIpc) is 2.74. The van der Waals surface area contributed by atoms with Crippen LogP contribution in [0.5, 0.6) is 5.75 Å². The summed E-state index contributed by atoms with van der Waals surface area (Å²) in [7, 11) is 1.44. The number of methoxy groups -OCH3 is 1. The molecule has 0 bridgehead atoms. The molecule has 0 saturated carbocycles. The zero-order chi connectivity index (χ0) is 14.0. The normalized spacial score (nSPS) is 10.3. The zero-order valence-corrected chi connectivity index (χ0v) is 11.5. The number of hydrogen-bond acceptors (Lipinski definition) is 5. The van der Waals surface area contributed by atoms with Gasteiger partial charge in [-0.15, -0.1) is 0 Å². The van der Waals surface area contributed by atoms with Gasteiger partial charge in [-0.05, 0) is 24.2 Å². The van der Waals surface area contributed by atoms with Gasteiger partial charge >= 0.3 is 0 Å². The first-order chi connectivity index (χ1) is 9.02. The summed E-state index contributed by atoms with van der Waals surface area (Å²) in [5.41, 5.74) is 0.747. The zero-order valence-electron chi connectivity index (χ0n) is 10.0. The van der Waals surface area contributed by atoms with Crippen molar-refractivity contribution in [2.24, 2.45) is 0 Å². The van der Waals surface area contributed by atoms with Gasteiger partial charge in [0, 0.05) is 5.56 Å². The van der Waals surface area contributed by atoms with Crippen molar-refractivity contribution in [2.45, 2.75) is 6.92 Å². The fraction of sp³-hybridized carbons (Fsp3) is 0.182. The third-order valence-corrected chi connectivity index (χ3v) is 2.91. The molecule has 6 nitrogen and oxygen atoms in total. The number of nitrogens with zero attached hydrogens (tertiary/aromatic N) is 2. The highest BCUT2D eigenvalue weighted by atomic mass is 35.5. The molecule has 0 aliphatic heterocycles. The Labute approximate surface area is 118 Å². The molecular formula is C11H9Cl2N3O3. The molecule has 1 N–H and O–H groups in total. The molecule has 1 aromatic heterocycles. The minimum Gasteiger partial charge on any atom is -0.494 e. The Hall–Kier alpha value is -1.79. The van der Waals surface area contributed by atoms with Gasteiger partial charge in [0.05, 0.1) is 17.2 Å². The maximum absolute atomic E-state index is 12.0. The molecule has 0 spiro atoms. The Bertz CT molecular complexity index is 604. The number of hydrogen-bond donors (Lipinski definition) is 1. The Kier molecular flexibility index (Phi) is 3.92. The van der Waals surface area contributed by atoms with Crippen molar-refractivity contribution in [1.82, 2.24) is 10.3 Å². The van der Waals surface area contributed by atoms with Crippen LogP contribution >= 0.6 is 23.2 Å². The van der Waals surface area contributed by atoms with E-state index < -0.39 is 5.91 Å². The minimum absolute atomic E-state index is 0.244. The van der Waals surface area contributed by atoms with Gasteiger partial charge in [-0.1, -0.05) is 28.4 Å². The summed E-state index contributed by atoms with van der Waals surface area (Å²) in [6, 6.07) is 2.90. The lowest BCUT2D eigenvalue weighted by atomic mass is 10.2. The van der Waals surface area contributed by atoms with Gasteiger partial charge in [0.1, 0.15) is 5.69 Å². The number of halogens is 2. The molecule has 0 aliphatic rings. The SMILES string of the molecule is COc1c(Cl)cc(C(=O)Nc2nonc2C)cc1Cl. The molecule has 0 atom stereocenters. The first-order valence-corrected chi connectivity index (χ1v) is 5.92. The van der Waals surface area contributed by atoms with E-state index >= 15 is 0 Å². The number of aryl methyl sites for hydroxylation is 1. The number of carbonyl (C=O) groups excluding carboxylic acids is 1. The highest BCUT2D eigenvalue weighted by Gasteiger charge is 2.15. The highest BCUT2D eigenvalue weighted by molar-refractivity contribution is 6.37. The van der Waals surface area contributed by atoms with Crippen LogP contribution in [0.25, 0.3) is 0 Å². The van der Waals surface area contributed by atoms with Crippen LogP contribution in [0, 0.1) is 6.92 Å². The fourth-order valence-electron chi connectivity index (χ4n) is 1.41. The number of ether oxygens (including phenoxy) is 1. The first kappa shape index (κ1) is 13.6. The molecular weight excluding hydrogens is 293 g/mol. The van der Waals surface area contributed by atoms with Crippen LogP contribution in [0.3, 0.4) is 0 Å². The smallest absolute Gasteiger partial charge is 0.257 e. The highest BCUT2D eigenvalue weighted by Crippen LogP contribution is 2.33. The standard InChI is InChI=1S/C11H9Cl2N3O3/c1-5-10(16-19-15-5)14-11(17)6-3-7(12)9(18-2)8(13)4-6/h3-4H,1-2H3,(H,14,16,17). The predicted molar refractivity (Wildman–Crippen MR) is 70.0 cm³/mol. The molecule has 1 heterocycles. The van der Waals surface area contributed by atoms with E-state index in [0.29, 0.717) is 11.4 Å². The first-order valence-electron chi connectivity index (χ1n) is 5.16. The lowest BCUT2D eigenvalue weighted by Gasteiger charge is -2.08. The summed E-state index contributed by atoms with van der Waals surface area (Å²) in [4.78, 5) is 12.0. The Balaban J connectivity index is 2.27. The topological polar surface area (TPSA) is 77.2 Å². The van der Waals surface area contributed by atoms with Gasteiger partial charge in [-0.25, -0.2) is 4.63 Å². The Morgan fingerprint density at radius 3 is 2.42 bits per heavy atom. The molecule has 0 unspecified atom stereocenters. The Morgan fingerprint density at radius 2 is 1.95 bits per heavy atom. The van der Waals surface area contributed by atoms with Gasteiger partial charge < -0.3 is 10.1 Å². The molecule has 2 aromatic rings. The van der Waals surface area contributed by atoms with E-state index in [0.717, 1.165) is 0 Å². The summed E-state index contributed by atoms with van der Waals surface area (Å²) in [6.45, 7) is 1.65.